The molecule has 1 atom stereocenters. The van der Waals surface area contributed by atoms with Crippen LogP contribution in [0.15, 0.2) is 22.7 Å². The van der Waals surface area contributed by atoms with Crippen molar-refractivity contribution in [2.75, 3.05) is 25.7 Å². The lowest BCUT2D eigenvalue weighted by Gasteiger charge is -2.24. The van der Waals surface area contributed by atoms with Gasteiger partial charge >= 0.3 is 6.01 Å². The summed E-state index contributed by atoms with van der Waals surface area (Å²) in [6.45, 7) is 0.923. The number of nitrogens with zero attached hydrogens (tertiary/aromatic N) is 3. The molecule has 2 aliphatic rings. The smallest absolute Gasteiger partial charge is 0.324 e. The zero-order valence-electron chi connectivity index (χ0n) is 13.5. The zero-order chi connectivity index (χ0) is 15.8. The molecule has 0 spiro atoms. The fourth-order valence-electron chi connectivity index (χ4n) is 3.26. The van der Waals surface area contributed by atoms with E-state index >= 15 is 0 Å². The van der Waals surface area contributed by atoms with Crippen molar-refractivity contribution in [1.29, 1.82) is 0 Å². The molecule has 0 N–H and O–H groups in total. The van der Waals surface area contributed by atoms with Crippen molar-refractivity contribution in [2.24, 2.45) is 0 Å². The average Bonchev–Trinajstić information content (AvgIpc) is 3.13. The molecule has 0 amide bonds. The van der Waals surface area contributed by atoms with E-state index in [0.29, 0.717) is 11.9 Å². The van der Waals surface area contributed by atoms with Crippen LogP contribution in [-0.4, -0.2) is 30.9 Å². The SMILES string of the molecule is COc1ccc([C@@H]2CCCN2c2nc(C3CC3)no2)c(OC)c1. The Morgan fingerprint density at radius 2 is 2.04 bits per heavy atom. The highest BCUT2D eigenvalue weighted by Crippen LogP contribution is 2.42. The first kappa shape index (κ1) is 14.4. The number of aromatic nitrogens is 2. The van der Waals surface area contributed by atoms with Gasteiger partial charge in [-0.15, -0.1) is 0 Å². The van der Waals surface area contributed by atoms with Crippen molar-refractivity contribution in [3.8, 4) is 11.5 Å². The van der Waals surface area contributed by atoms with Crippen LogP contribution in [0.5, 0.6) is 11.5 Å². The van der Waals surface area contributed by atoms with Crippen molar-refractivity contribution < 1.29 is 14.0 Å². The predicted octanol–water partition coefficient (Wildman–Crippen LogP) is 3.31. The number of methoxy groups -OCH3 is 2. The van der Waals surface area contributed by atoms with Crippen LogP contribution in [0, 0.1) is 0 Å². The normalized spacial score (nSPS) is 20.8. The maximum absolute atomic E-state index is 5.56. The minimum Gasteiger partial charge on any atom is -0.497 e. The Labute approximate surface area is 135 Å². The first-order valence-electron chi connectivity index (χ1n) is 8.12. The molecule has 6 nitrogen and oxygen atoms in total. The van der Waals surface area contributed by atoms with E-state index in [1.165, 1.54) is 12.8 Å². The third-order valence-electron chi connectivity index (χ3n) is 4.67. The monoisotopic (exact) mass is 315 g/mol. The topological polar surface area (TPSA) is 60.6 Å². The molecule has 6 heteroatoms. The summed E-state index contributed by atoms with van der Waals surface area (Å²) in [5, 5.41) is 4.14. The largest absolute Gasteiger partial charge is 0.497 e. The Balaban J connectivity index is 1.64. The summed E-state index contributed by atoms with van der Waals surface area (Å²) in [5.41, 5.74) is 1.14. The van der Waals surface area contributed by atoms with Gasteiger partial charge in [-0.3, -0.25) is 0 Å². The molecule has 4 rings (SSSR count). The Hall–Kier alpha value is -2.24. The number of hydrogen-bond donors (Lipinski definition) is 0. The van der Waals surface area contributed by atoms with Crippen molar-refractivity contribution >= 4 is 6.01 Å². The summed E-state index contributed by atoms with van der Waals surface area (Å²) in [6.07, 6.45) is 4.49. The Bertz CT molecular complexity index is 696. The third-order valence-corrected chi connectivity index (χ3v) is 4.67. The Kier molecular flexibility index (Phi) is 3.59. The van der Waals surface area contributed by atoms with Crippen molar-refractivity contribution in [1.82, 2.24) is 10.1 Å². The van der Waals surface area contributed by atoms with Gasteiger partial charge in [-0.2, -0.15) is 4.98 Å². The van der Waals surface area contributed by atoms with E-state index in [4.69, 9.17) is 14.0 Å². The van der Waals surface area contributed by atoms with Gasteiger partial charge in [-0.25, -0.2) is 0 Å². The standard InChI is InChI=1S/C17H21N3O3/c1-21-12-7-8-13(15(10-12)22-2)14-4-3-9-20(14)17-18-16(19-23-17)11-5-6-11/h7-8,10-11,14H,3-6,9H2,1-2H3/t14-/m0/s1. The molecular weight excluding hydrogens is 294 g/mol. The molecule has 2 aromatic rings. The van der Waals surface area contributed by atoms with Crippen molar-refractivity contribution in [3.05, 3.63) is 29.6 Å². The highest BCUT2D eigenvalue weighted by atomic mass is 16.5. The molecule has 1 aromatic heterocycles. The molecule has 1 saturated heterocycles. The van der Waals surface area contributed by atoms with E-state index in [-0.39, 0.29) is 6.04 Å². The summed E-state index contributed by atoms with van der Waals surface area (Å²) >= 11 is 0. The molecular formula is C17H21N3O3. The summed E-state index contributed by atoms with van der Waals surface area (Å²) in [5.74, 6) is 2.99. The fourth-order valence-corrected chi connectivity index (χ4v) is 3.26. The first-order chi connectivity index (χ1) is 11.3. The molecule has 23 heavy (non-hydrogen) atoms. The van der Waals surface area contributed by atoms with Crippen LogP contribution in [0.2, 0.25) is 0 Å². The van der Waals surface area contributed by atoms with Gasteiger partial charge in [-0.05, 0) is 37.8 Å². The number of anilines is 1. The van der Waals surface area contributed by atoms with Gasteiger partial charge in [0.2, 0.25) is 0 Å². The Morgan fingerprint density at radius 1 is 1.17 bits per heavy atom. The van der Waals surface area contributed by atoms with Crippen LogP contribution in [0.1, 0.15) is 49.0 Å². The van der Waals surface area contributed by atoms with E-state index in [9.17, 15) is 0 Å². The molecule has 0 radical (unpaired) electrons. The fraction of sp³-hybridized carbons (Fsp3) is 0.529. The average molecular weight is 315 g/mol. The highest BCUT2D eigenvalue weighted by Gasteiger charge is 2.34. The van der Waals surface area contributed by atoms with Gasteiger partial charge in [0.25, 0.3) is 0 Å². The number of ether oxygens (including phenoxy) is 2. The molecule has 122 valence electrons. The molecule has 1 aliphatic carbocycles. The number of rotatable bonds is 5. The van der Waals surface area contributed by atoms with Gasteiger partial charge in [0.15, 0.2) is 5.82 Å². The summed E-state index contributed by atoms with van der Waals surface area (Å²) in [4.78, 5) is 6.80. The second-order valence-corrected chi connectivity index (χ2v) is 6.17. The lowest BCUT2D eigenvalue weighted by atomic mass is 10.0. The second kappa shape index (κ2) is 5.76. The Morgan fingerprint density at radius 3 is 2.78 bits per heavy atom. The molecule has 1 saturated carbocycles. The van der Waals surface area contributed by atoms with Crippen LogP contribution in [-0.2, 0) is 0 Å². The minimum atomic E-state index is 0.198. The molecule has 0 unspecified atom stereocenters. The molecule has 2 fully saturated rings. The maximum Gasteiger partial charge on any atom is 0.324 e. The van der Waals surface area contributed by atoms with Crippen LogP contribution in [0.4, 0.5) is 6.01 Å². The van der Waals surface area contributed by atoms with Gasteiger partial charge in [0.05, 0.1) is 20.3 Å². The highest BCUT2D eigenvalue weighted by molar-refractivity contribution is 5.47. The van der Waals surface area contributed by atoms with Gasteiger partial charge in [-0.1, -0.05) is 5.16 Å². The number of benzene rings is 1. The second-order valence-electron chi connectivity index (χ2n) is 6.17. The number of hydrogen-bond acceptors (Lipinski definition) is 6. The molecule has 1 aliphatic heterocycles. The van der Waals surface area contributed by atoms with Gasteiger partial charge in [0.1, 0.15) is 11.5 Å². The van der Waals surface area contributed by atoms with Crippen molar-refractivity contribution in [3.63, 3.8) is 0 Å². The third kappa shape index (κ3) is 2.62. The molecule has 1 aromatic carbocycles. The first-order valence-corrected chi connectivity index (χ1v) is 8.12. The van der Waals surface area contributed by atoms with E-state index in [2.05, 4.69) is 21.1 Å². The van der Waals surface area contributed by atoms with E-state index in [0.717, 1.165) is 42.3 Å². The van der Waals surface area contributed by atoms with Crippen LogP contribution < -0.4 is 14.4 Å². The summed E-state index contributed by atoms with van der Waals surface area (Å²) < 4.78 is 16.4. The minimum absolute atomic E-state index is 0.198. The van der Waals surface area contributed by atoms with Crippen LogP contribution in [0.25, 0.3) is 0 Å². The maximum atomic E-state index is 5.56. The van der Waals surface area contributed by atoms with Gasteiger partial charge in [0, 0.05) is 24.1 Å². The summed E-state index contributed by atoms with van der Waals surface area (Å²) in [6, 6.07) is 6.79. The molecule has 0 bridgehead atoms. The van der Waals surface area contributed by atoms with E-state index in [1.807, 2.05) is 12.1 Å². The van der Waals surface area contributed by atoms with Crippen LogP contribution >= 0.6 is 0 Å². The zero-order valence-corrected chi connectivity index (χ0v) is 13.5. The van der Waals surface area contributed by atoms with Crippen molar-refractivity contribution in [2.45, 2.75) is 37.6 Å². The predicted molar refractivity (Wildman–Crippen MR) is 85.1 cm³/mol. The summed E-state index contributed by atoms with van der Waals surface area (Å²) in [7, 11) is 3.35. The lowest BCUT2D eigenvalue weighted by molar-refractivity contribution is 0.384. The van der Waals surface area contributed by atoms with Gasteiger partial charge < -0.3 is 18.9 Å². The quantitative estimate of drug-likeness (QED) is 0.843. The van der Waals surface area contributed by atoms with E-state index < -0.39 is 0 Å². The van der Waals surface area contributed by atoms with E-state index in [1.54, 1.807) is 14.2 Å². The van der Waals surface area contributed by atoms with Crippen LogP contribution in [0.3, 0.4) is 0 Å². The lowest BCUT2D eigenvalue weighted by Crippen LogP contribution is -2.23. The molecule has 2 heterocycles.